The molecular weight excluding hydrogens is 294 g/mol. The molecule has 2 aromatic rings. The van der Waals surface area contributed by atoms with Gasteiger partial charge in [-0.05, 0) is 47.1 Å². The second kappa shape index (κ2) is 8.49. The van der Waals surface area contributed by atoms with Crippen molar-refractivity contribution in [1.82, 2.24) is 0 Å². The van der Waals surface area contributed by atoms with Crippen LogP contribution < -0.4 is 5.32 Å². The standard InChI is InChI=1S/C22H27NO/c1-5-17(4)20-8-6-7-9-21(20)23-22(24)15-12-18-10-13-19(14-11-18)16(2)3/h6-17H,5H2,1-4H3,(H,23,24)/b15-12+/t17-/m1/s1. The van der Waals surface area contributed by atoms with Crippen molar-refractivity contribution in [3.05, 3.63) is 71.3 Å². The quantitative estimate of drug-likeness (QED) is 0.652. The number of carbonyl (C=O) groups excluding carboxylic acids is 1. The van der Waals surface area contributed by atoms with Crippen molar-refractivity contribution >= 4 is 17.7 Å². The lowest BCUT2D eigenvalue weighted by Crippen LogP contribution is -2.10. The van der Waals surface area contributed by atoms with Crippen LogP contribution in [-0.2, 0) is 4.79 Å². The molecule has 1 N–H and O–H groups in total. The highest BCUT2D eigenvalue weighted by atomic mass is 16.1. The molecule has 2 rings (SSSR count). The predicted octanol–water partition coefficient (Wildman–Crippen LogP) is 5.98. The molecule has 0 aromatic heterocycles. The maximum atomic E-state index is 12.2. The summed E-state index contributed by atoms with van der Waals surface area (Å²) in [5.41, 5.74) is 4.42. The van der Waals surface area contributed by atoms with Crippen molar-refractivity contribution in [2.75, 3.05) is 5.32 Å². The van der Waals surface area contributed by atoms with E-state index in [9.17, 15) is 4.79 Å². The summed E-state index contributed by atoms with van der Waals surface area (Å²) in [6, 6.07) is 16.3. The van der Waals surface area contributed by atoms with Crippen molar-refractivity contribution in [3.63, 3.8) is 0 Å². The van der Waals surface area contributed by atoms with Gasteiger partial charge >= 0.3 is 0 Å². The largest absolute Gasteiger partial charge is 0.322 e. The molecule has 0 saturated heterocycles. The lowest BCUT2D eigenvalue weighted by molar-refractivity contribution is -0.111. The van der Waals surface area contributed by atoms with Crippen LogP contribution >= 0.6 is 0 Å². The number of benzene rings is 2. The van der Waals surface area contributed by atoms with E-state index in [2.05, 4.69) is 51.2 Å². The summed E-state index contributed by atoms with van der Waals surface area (Å²) < 4.78 is 0. The van der Waals surface area contributed by atoms with Crippen LogP contribution in [0.2, 0.25) is 0 Å². The average molecular weight is 321 g/mol. The first-order chi connectivity index (χ1) is 11.5. The second-order valence-corrected chi connectivity index (χ2v) is 6.54. The number of para-hydroxylation sites is 1. The van der Waals surface area contributed by atoms with Crippen LogP contribution in [0.15, 0.2) is 54.6 Å². The molecule has 0 fully saturated rings. The Morgan fingerprint density at radius 2 is 1.71 bits per heavy atom. The summed E-state index contributed by atoms with van der Waals surface area (Å²) in [4.78, 5) is 12.2. The fourth-order valence-corrected chi connectivity index (χ4v) is 2.60. The smallest absolute Gasteiger partial charge is 0.248 e. The Kier molecular flexibility index (Phi) is 6.36. The van der Waals surface area contributed by atoms with Gasteiger partial charge in [0.2, 0.25) is 5.91 Å². The number of amides is 1. The topological polar surface area (TPSA) is 29.1 Å². The predicted molar refractivity (Wildman–Crippen MR) is 103 cm³/mol. The van der Waals surface area contributed by atoms with E-state index in [1.807, 2.05) is 36.4 Å². The van der Waals surface area contributed by atoms with Gasteiger partial charge in [-0.1, -0.05) is 70.2 Å². The summed E-state index contributed by atoms with van der Waals surface area (Å²) >= 11 is 0. The van der Waals surface area contributed by atoms with E-state index in [0.717, 1.165) is 17.7 Å². The van der Waals surface area contributed by atoms with Crippen LogP contribution in [0.3, 0.4) is 0 Å². The first kappa shape index (κ1) is 18.0. The zero-order chi connectivity index (χ0) is 17.5. The van der Waals surface area contributed by atoms with Crippen molar-refractivity contribution in [2.45, 2.75) is 46.0 Å². The Morgan fingerprint density at radius 1 is 1.04 bits per heavy atom. The summed E-state index contributed by atoms with van der Waals surface area (Å²) in [5.74, 6) is 0.844. The van der Waals surface area contributed by atoms with Crippen molar-refractivity contribution in [2.24, 2.45) is 0 Å². The molecule has 0 aliphatic heterocycles. The van der Waals surface area contributed by atoms with Crippen LogP contribution in [0.25, 0.3) is 6.08 Å². The van der Waals surface area contributed by atoms with Gasteiger partial charge in [0, 0.05) is 11.8 Å². The summed E-state index contributed by atoms with van der Waals surface area (Å²) in [6.07, 6.45) is 4.49. The van der Waals surface area contributed by atoms with Crippen LogP contribution in [0, 0.1) is 0 Å². The molecule has 0 aliphatic carbocycles. The molecule has 1 atom stereocenters. The number of nitrogens with one attached hydrogen (secondary N) is 1. The third-order valence-corrected chi connectivity index (χ3v) is 4.39. The van der Waals surface area contributed by atoms with Gasteiger partial charge in [-0.2, -0.15) is 0 Å². The molecule has 126 valence electrons. The molecule has 24 heavy (non-hydrogen) atoms. The van der Waals surface area contributed by atoms with Gasteiger partial charge in [-0.15, -0.1) is 0 Å². The van der Waals surface area contributed by atoms with E-state index in [1.165, 1.54) is 11.1 Å². The Bertz CT molecular complexity index is 698. The Labute approximate surface area is 145 Å². The van der Waals surface area contributed by atoms with Crippen LogP contribution in [0.4, 0.5) is 5.69 Å². The lowest BCUT2D eigenvalue weighted by atomic mass is 9.97. The second-order valence-electron chi connectivity index (χ2n) is 6.54. The molecule has 2 aromatic carbocycles. The molecule has 0 saturated carbocycles. The molecular formula is C22H27NO. The molecule has 0 aliphatic rings. The molecule has 0 heterocycles. The number of rotatable bonds is 6. The molecule has 0 bridgehead atoms. The Balaban J connectivity index is 2.05. The first-order valence-corrected chi connectivity index (χ1v) is 8.69. The fraction of sp³-hybridized carbons (Fsp3) is 0.318. The summed E-state index contributed by atoms with van der Waals surface area (Å²) in [7, 11) is 0. The van der Waals surface area contributed by atoms with Gasteiger partial charge in [0.25, 0.3) is 0 Å². The fourth-order valence-electron chi connectivity index (χ4n) is 2.60. The summed E-state index contributed by atoms with van der Waals surface area (Å²) in [6.45, 7) is 8.68. The third kappa shape index (κ3) is 4.82. The Hall–Kier alpha value is -2.35. The highest BCUT2D eigenvalue weighted by molar-refractivity contribution is 6.02. The van der Waals surface area contributed by atoms with Gasteiger partial charge in [0.05, 0.1) is 0 Å². The van der Waals surface area contributed by atoms with Gasteiger partial charge in [0.15, 0.2) is 0 Å². The number of hydrogen-bond acceptors (Lipinski definition) is 1. The van der Waals surface area contributed by atoms with E-state index in [0.29, 0.717) is 11.8 Å². The normalized spacial score (nSPS) is 12.5. The zero-order valence-electron chi connectivity index (χ0n) is 15.0. The highest BCUT2D eigenvalue weighted by Crippen LogP contribution is 2.26. The van der Waals surface area contributed by atoms with E-state index in [-0.39, 0.29) is 5.91 Å². The van der Waals surface area contributed by atoms with E-state index >= 15 is 0 Å². The highest BCUT2D eigenvalue weighted by Gasteiger charge is 2.09. The van der Waals surface area contributed by atoms with Crippen molar-refractivity contribution < 1.29 is 4.79 Å². The molecule has 1 amide bonds. The van der Waals surface area contributed by atoms with Crippen LogP contribution in [-0.4, -0.2) is 5.91 Å². The first-order valence-electron chi connectivity index (χ1n) is 8.69. The number of carbonyl (C=O) groups is 1. The van der Waals surface area contributed by atoms with Gasteiger partial charge in [0.1, 0.15) is 0 Å². The maximum absolute atomic E-state index is 12.2. The van der Waals surface area contributed by atoms with E-state index in [1.54, 1.807) is 6.08 Å². The Morgan fingerprint density at radius 3 is 2.33 bits per heavy atom. The van der Waals surface area contributed by atoms with Crippen molar-refractivity contribution in [1.29, 1.82) is 0 Å². The average Bonchev–Trinajstić information content (AvgIpc) is 2.60. The number of anilines is 1. The molecule has 2 nitrogen and oxygen atoms in total. The third-order valence-electron chi connectivity index (χ3n) is 4.39. The van der Waals surface area contributed by atoms with Crippen LogP contribution in [0.1, 0.15) is 62.6 Å². The van der Waals surface area contributed by atoms with E-state index < -0.39 is 0 Å². The minimum Gasteiger partial charge on any atom is -0.322 e. The zero-order valence-corrected chi connectivity index (χ0v) is 15.0. The van der Waals surface area contributed by atoms with Crippen molar-refractivity contribution in [3.8, 4) is 0 Å². The SMILES string of the molecule is CC[C@@H](C)c1ccccc1NC(=O)/C=C/c1ccc(C(C)C)cc1. The van der Waals surface area contributed by atoms with Gasteiger partial charge in [-0.3, -0.25) is 4.79 Å². The van der Waals surface area contributed by atoms with Crippen LogP contribution in [0.5, 0.6) is 0 Å². The molecule has 2 heteroatoms. The molecule has 0 spiro atoms. The molecule has 0 unspecified atom stereocenters. The maximum Gasteiger partial charge on any atom is 0.248 e. The van der Waals surface area contributed by atoms with Gasteiger partial charge in [-0.25, -0.2) is 0 Å². The molecule has 0 radical (unpaired) electrons. The number of hydrogen-bond donors (Lipinski definition) is 1. The minimum absolute atomic E-state index is 0.0984. The summed E-state index contributed by atoms with van der Waals surface area (Å²) in [5, 5.41) is 3.00. The lowest BCUT2D eigenvalue weighted by Gasteiger charge is -2.14. The van der Waals surface area contributed by atoms with E-state index in [4.69, 9.17) is 0 Å². The minimum atomic E-state index is -0.0984. The van der Waals surface area contributed by atoms with Gasteiger partial charge < -0.3 is 5.32 Å². The monoisotopic (exact) mass is 321 g/mol.